The SMILES string of the molecule is COCCCNC(=O)CSc1ccc(C(C)O)cc1. The monoisotopic (exact) mass is 283 g/mol. The topological polar surface area (TPSA) is 58.6 Å². The molecule has 106 valence electrons. The average molecular weight is 283 g/mol. The molecule has 0 fully saturated rings. The Hall–Kier alpha value is -1.04. The summed E-state index contributed by atoms with van der Waals surface area (Å²) in [5.41, 5.74) is 0.883. The molecule has 1 aromatic rings. The normalized spacial score (nSPS) is 12.2. The van der Waals surface area contributed by atoms with Crippen molar-refractivity contribution in [1.29, 1.82) is 0 Å². The quantitative estimate of drug-likeness (QED) is 0.566. The van der Waals surface area contributed by atoms with E-state index in [2.05, 4.69) is 5.32 Å². The standard InChI is InChI=1S/C14H21NO3S/c1-11(16)12-4-6-13(7-5-12)19-10-14(17)15-8-3-9-18-2/h4-7,11,16H,3,8-10H2,1-2H3,(H,15,17). The molecule has 0 saturated heterocycles. The third-order valence-corrected chi connectivity index (χ3v) is 3.59. The first-order valence-electron chi connectivity index (χ1n) is 6.30. The summed E-state index contributed by atoms with van der Waals surface area (Å²) >= 11 is 1.49. The maximum Gasteiger partial charge on any atom is 0.230 e. The minimum atomic E-state index is -0.455. The van der Waals surface area contributed by atoms with Gasteiger partial charge in [0.15, 0.2) is 0 Å². The lowest BCUT2D eigenvalue weighted by molar-refractivity contribution is -0.118. The van der Waals surface area contributed by atoms with Crippen LogP contribution in [-0.4, -0.2) is 37.0 Å². The van der Waals surface area contributed by atoms with Gasteiger partial charge >= 0.3 is 0 Å². The zero-order chi connectivity index (χ0) is 14.1. The van der Waals surface area contributed by atoms with Gasteiger partial charge in [-0.2, -0.15) is 0 Å². The van der Waals surface area contributed by atoms with Crippen LogP contribution >= 0.6 is 11.8 Å². The van der Waals surface area contributed by atoms with Crippen molar-refractivity contribution in [3.05, 3.63) is 29.8 Å². The maximum absolute atomic E-state index is 11.5. The molecule has 0 aliphatic carbocycles. The maximum atomic E-state index is 11.5. The summed E-state index contributed by atoms with van der Waals surface area (Å²) in [5, 5.41) is 12.2. The number of benzene rings is 1. The summed E-state index contributed by atoms with van der Waals surface area (Å²) in [5.74, 6) is 0.432. The number of hydrogen-bond donors (Lipinski definition) is 2. The van der Waals surface area contributed by atoms with Crippen LogP contribution in [0.15, 0.2) is 29.2 Å². The molecule has 1 aromatic carbocycles. The Bertz CT molecular complexity index is 379. The molecule has 1 atom stereocenters. The molecule has 1 rings (SSSR count). The minimum Gasteiger partial charge on any atom is -0.389 e. The number of aliphatic hydroxyl groups is 1. The third-order valence-electron chi connectivity index (χ3n) is 2.58. The number of aliphatic hydroxyl groups excluding tert-OH is 1. The van der Waals surface area contributed by atoms with Crippen molar-refractivity contribution in [3.8, 4) is 0 Å². The predicted molar refractivity (Wildman–Crippen MR) is 77.3 cm³/mol. The molecule has 19 heavy (non-hydrogen) atoms. The molecule has 2 N–H and O–H groups in total. The van der Waals surface area contributed by atoms with Crippen LogP contribution in [0.5, 0.6) is 0 Å². The average Bonchev–Trinajstić information content (AvgIpc) is 2.42. The van der Waals surface area contributed by atoms with E-state index in [-0.39, 0.29) is 5.91 Å². The third kappa shape index (κ3) is 6.61. The van der Waals surface area contributed by atoms with Crippen LogP contribution in [0.1, 0.15) is 25.0 Å². The van der Waals surface area contributed by atoms with Gasteiger partial charge in [-0.1, -0.05) is 12.1 Å². The Morgan fingerprint density at radius 1 is 1.42 bits per heavy atom. The van der Waals surface area contributed by atoms with E-state index >= 15 is 0 Å². The Morgan fingerprint density at radius 3 is 2.68 bits per heavy atom. The number of carbonyl (C=O) groups is 1. The van der Waals surface area contributed by atoms with Crippen molar-refractivity contribution in [2.24, 2.45) is 0 Å². The van der Waals surface area contributed by atoms with Gasteiger partial charge in [-0.15, -0.1) is 11.8 Å². The zero-order valence-electron chi connectivity index (χ0n) is 11.4. The second-order valence-electron chi connectivity index (χ2n) is 4.23. The van der Waals surface area contributed by atoms with E-state index in [1.807, 2.05) is 24.3 Å². The van der Waals surface area contributed by atoms with Crippen LogP contribution in [0, 0.1) is 0 Å². The summed E-state index contributed by atoms with van der Waals surface area (Å²) in [6.45, 7) is 3.04. The first-order chi connectivity index (χ1) is 9.13. The smallest absolute Gasteiger partial charge is 0.230 e. The fraction of sp³-hybridized carbons (Fsp3) is 0.500. The van der Waals surface area contributed by atoms with E-state index in [0.717, 1.165) is 16.9 Å². The predicted octanol–water partition coefficient (Wildman–Crippen LogP) is 1.98. The molecular formula is C14H21NO3S. The highest BCUT2D eigenvalue weighted by Crippen LogP contribution is 2.20. The summed E-state index contributed by atoms with van der Waals surface area (Å²) < 4.78 is 4.91. The van der Waals surface area contributed by atoms with Gasteiger partial charge in [0.05, 0.1) is 11.9 Å². The van der Waals surface area contributed by atoms with Crippen molar-refractivity contribution in [2.75, 3.05) is 26.0 Å². The van der Waals surface area contributed by atoms with E-state index < -0.39 is 6.10 Å². The summed E-state index contributed by atoms with van der Waals surface area (Å²) in [7, 11) is 1.65. The number of nitrogens with one attached hydrogen (secondary N) is 1. The minimum absolute atomic E-state index is 0.0284. The second kappa shape index (κ2) is 8.96. The lowest BCUT2D eigenvalue weighted by atomic mass is 10.1. The highest BCUT2D eigenvalue weighted by Gasteiger charge is 2.04. The Balaban J connectivity index is 2.26. The Labute approximate surface area is 118 Å². The second-order valence-corrected chi connectivity index (χ2v) is 5.28. The first kappa shape index (κ1) is 16.0. The fourth-order valence-electron chi connectivity index (χ4n) is 1.49. The molecule has 1 unspecified atom stereocenters. The lowest BCUT2D eigenvalue weighted by Gasteiger charge is -2.07. The molecule has 0 bridgehead atoms. The largest absolute Gasteiger partial charge is 0.389 e. The molecule has 0 aliphatic rings. The van der Waals surface area contributed by atoms with Gasteiger partial charge in [0, 0.05) is 25.2 Å². The molecule has 0 radical (unpaired) electrons. The van der Waals surface area contributed by atoms with Gasteiger partial charge in [0.1, 0.15) is 0 Å². The molecule has 0 saturated carbocycles. The number of hydrogen-bond acceptors (Lipinski definition) is 4. The summed E-state index contributed by atoms with van der Waals surface area (Å²) in [6, 6.07) is 7.60. The van der Waals surface area contributed by atoms with Gasteiger partial charge in [0.25, 0.3) is 0 Å². The van der Waals surface area contributed by atoms with Gasteiger partial charge < -0.3 is 15.2 Å². The van der Waals surface area contributed by atoms with Crippen LogP contribution in [0.2, 0.25) is 0 Å². The van der Waals surface area contributed by atoms with E-state index in [9.17, 15) is 9.90 Å². The van der Waals surface area contributed by atoms with Gasteiger partial charge in [-0.3, -0.25) is 4.79 Å². The van der Waals surface area contributed by atoms with Crippen molar-refractivity contribution >= 4 is 17.7 Å². The van der Waals surface area contributed by atoms with Gasteiger partial charge in [-0.05, 0) is 31.0 Å². The zero-order valence-corrected chi connectivity index (χ0v) is 12.2. The molecular weight excluding hydrogens is 262 g/mol. The molecule has 1 amide bonds. The molecule has 0 spiro atoms. The number of methoxy groups -OCH3 is 1. The fourth-order valence-corrected chi connectivity index (χ4v) is 2.22. The molecule has 0 heterocycles. The van der Waals surface area contributed by atoms with E-state index in [4.69, 9.17) is 4.74 Å². The molecule has 4 nitrogen and oxygen atoms in total. The molecule has 5 heteroatoms. The van der Waals surface area contributed by atoms with E-state index in [1.54, 1.807) is 14.0 Å². The summed E-state index contributed by atoms with van der Waals surface area (Å²) in [6.07, 6.45) is 0.374. The van der Waals surface area contributed by atoms with Crippen molar-refractivity contribution < 1.29 is 14.6 Å². The van der Waals surface area contributed by atoms with E-state index in [1.165, 1.54) is 11.8 Å². The van der Waals surface area contributed by atoms with Crippen LogP contribution in [0.4, 0.5) is 0 Å². The van der Waals surface area contributed by atoms with Crippen molar-refractivity contribution in [3.63, 3.8) is 0 Å². The first-order valence-corrected chi connectivity index (χ1v) is 7.28. The number of carbonyl (C=O) groups excluding carboxylic acids is 1. The molecule has 0 aromatic heterocycles. The van der Waals surface area contributed by atoms with Crippen molar-refractivity contribution in [2.45, 2.75) is 24.3 Å². The number of thioether (sulfide) groups is 1. The Morgan fingerprint density at radius 2 is 2.11 bits per heavy atom. The van der Waals surface area contributed by atoms with E-state index in [0.29, 0.717) is 18.9 Å². The van der Waals surface area contributed by atoms with Gasteiger partial charge in [-0.25, -0.2) is 0 Å². The number of ether oxygens (including phenoxy) is 1. The molecule has 0 aliphatic heterocycles. The van der Waals surface area contributed by atoms with Crippen LogP contribution in [-0.2, 0) is 9.53 Å². The highest BCUT2D eigenvalue weighted by atomic mass is 32.2. The summed E-state index contributed by atoms with van der Waals surface area (Å²) in [4.78, 5) is 12.6. The lowest BCUT2D eigenvalue weighted by Crippen LogP contribution is -2.26. The van der Waals surface area contributed by atoms with Gasteiger partial charge in [0.2, 0.25) is 5.91 Å². The number of rotatable bonds is 8. The highest BCUT2D eigenvalue weighted by molar-refractivity contribution is 8.00. The number of amides is 1. The van der Waals surface area contributed by atoms with Crippen LogP contribution in [0.25, 0.3) is 0 Å². The van der Waals surface area contributed by atoms with Crippen molar-refractivity contribution in [1.82, 2.24) is 5.32 Å². The Kier molecular flexibility index (Phi) is 7.55. The van der Waals surface area contributed by atoms with Crippen LogP contribution < -0.4 is 5.32 Å². The van der Waals surface area contributed by atoms with Crippen LogP contribution in [0.3, 0.4) is 0 Å².